The molecule has 4 aromatic rings. The lowest BCUT2D eigenvalue weighted by molar-refractivity contribution is 0.738. The minimum Gasteiger partial charge on any atom is -0.264 e. The minimum atomic E-state index is -0.199. The summed E-state index contributed by atoms with van der Waals surface area (Å²) in [6, 6.07) is 14.0. The smallest absolute Gasteiger partial charge is 0.0754 e. The maximum absolute atomic E-state index is 6.12. The molecule has 27 heavy (non-hydrogen) atoms. The number of aromatic nitrogens is 3. The first-order valence-corrected chi connectivity index (χ1v) is 9.19. The second-order valence-electron chi connectivity index (χ2n) is 7.30. The van der Waals surface area contributed by atoms with Gasteiger partial charge in [0.1, 0.15) is 0 Å². The lowest BCUT2D eigenvalue weighted by Crippen LogP contribution is -2.26. The van der Waals surface area contributed by atoms with Crippen molar-refractivity contribution >= 4 is 33.8 Å². The number of hydrogen-bond donors (Lipinski definition) is 0. The molecule has 0 saturated carbocycles. The van der Waals surface area contributed by atoms with Gasteiger partial charge >= 0.3 is 0 Å². The molecule has 0 saturated heterocycles. The number of aliphatic imine (C=N–C) groups is 1. The first-order chi connectivity index (χ1) is 13.0. The van der Waals surface area contributed by atoms with Crippen LogP contribution in [-0.2, 0) is 5.41 Å². The van der Waals surface area contributed by atoms with Crippen LogP contribution in [0.3, 0.4) is 0 Å². The highest BCUT2D eigenvalue weighted by Gasteiger charge is 2.37. The highest BCUT2D eigenvalue weighted by atomic mass is 35.5. The zero-order valence-corrected chi connectivity index (χ0v) is 15.8. The number of rotatable bonds is 2. The molecule has 1 aliphatic rings. The third-order valence-corrected chi connectivity index (χ3v) is 5.44. The Morgan fingerprint density at radius 1 is 1.04 bits per heavy atom. The van der Waals surface area contributed by atoms with Crippen molar-refractivity contribution in [3.8, 4) is 5.69 Å². The normalized spacial score (nSPS) is 15.0. The van der Waals surface area contributed by atoms with Crippen molar-refractivity contribution in [2.45, 2.75) is 19.3 Å². The molecule has 0 radical (unpaired) electrons. The zero-order chi connectivity index (χ0) is 18.6. The predicted molar refractivity (Wildman–Crippen MR) is 110 cm³/mol. The van der Waals surface area contributed by atoms with Gasteiger partial charge < -0.3 is 0 Å². The molecule has 5 heteroatoms. The number of nitrogens with zero attached hydrogens (tertiary/aromatic N) is 4. The monoisotopic (exact) mass is 372 g/mol. The van der Waals surface area contributed by atoms with Crippen molar-refractivity contribution in [1.82, 2.24) is 14.8 Å². The zero-order valence-electron chi connectivity index (χ0n) is 15.0. The summed E-state index contributed by atoms with van der Waals surface area (Å²) in [5.74, 6) is 0. The van der Waals surface area contributed by atoms with Crippen molar-refractivity contribution in [3.63, 3.8) is 0 Å². The van der Waals surface area contributed by atoms with Crippen LogP contribution in [0.5, 0.6) is 0 Å². The molecule has 132 valence electrons. The lowest BCUT2D eigenvalue weighted by Gasteiger charge is -2.21. The first kappa shape index (κ1) is 16.2. The summed E-state index contributed by atoms with van der Waals surface area (Å²) in [7, 11) is 0. The van der Waals surface area contributed by atoms with Crippen LogP contribution in [0.25, 0.3) is 16.5 Å². The van der Waals surface area contributed by atoms with E-state index in [4.69, 9.17) is 16.6 Å². The maximum Gasteiger partial charge on any atom is 0.0754 e. The van der Waals surface area contributed by atoms with E-state index in [0.717, 1.165) is 33.4 Å². The summed E-state index contributed by atoms with van der Waals surface area (Å²) in [5, 5.41) is 7.46. The molecule has 2 aromatic heterocycles. The second-order valence-corrected chi connectivity index (χ2v) is 7.73. The van der Waals surface area contributed by atoms with Gasteiger partial charge in [0.15, 0.2) is 0 Å². The minimum absolute atomic E-state index is 0.199. The Morgan fingerprint density at radius 3 is 2.78 bits per heavy atom. The summed E-state index contributed by atoms with van der Waals surface area (Å²) in [6.07, 6.45) is 7.59. The summed E-state index contributed by atoms with van der Waals surface area (Å²) >= 11 is 6.12. The quantitative estimate of drug-likeness (QED) is 0.467. The molecule has 0 bridgehead atoms. The Morgan fingerprint density at radius 2 is 1.93 bits per heavy atom. The van der Waals surface area contributed by atoms with E-state index < -0.39 is 0 Å². The molecule has 0 aliphatic carbocycles. The molecule has 2 aromatic carbocycles. The van der Waals surface area contributed by atoms with Crippen LogP contribution in [0.15, 0.2) is 72.2 Å². The second kappa shape index (κ2) is 5.76. The van der Waals surface area contributed by atoms with Crippen LogP contribution >= 0.6 is 11.6 Å². The first-order valence-electron chi connectivity index (χ1n) is 8.81. The summed E-state index contributed by atoms with van der Waals surface area (Å²) in [4.78, 5) is 9.26. The molecule has 1 aliphatic heterocycles. The molecule has 0 spiro atoms. The van der Waals surface area contributed by atoms with Crippen LogP contribution in [0, 0.1) is 0 Å². The van der Waals surface area contributed by atoms with E-state index in [1.54, 1.807) is 0 Å². The number of benzene rings is 2. The molecule has 0 fully saturated rings. The topological polar surface area (TPSA) is 43.1 Å². The Labute approximate surface area is 162 Å². The summed E-state index contributed by atoms with van der Waals surface area (Å²) < 4.78 is 1.84. The van der Waals surface area contributed by atoms with Crippen molar-refractivity contribution in [3.05, 3.63) is 83.4 Å². The molecular weight excluding hydrogens is 356 g/mol. The van der Waals surface area contributed by atoms with Crippen LogP contribution in [0.1, 0.15) is 25.0 Å². The van der Waals surface area contributed by atoms with Gasteiger partial charge in [-0.15, -0.1) is 0 Å². The van der Waals surface area contributed by atoms with Crippen molar-refractivity contribution in [2.75, 3.05) is 0 Å². The molecule has 5 rings (SSSR count). The van der Waals surface area contributed by atoms with Gasteiger partial charge in [0.25, 0.3) is 0 Å². The molecule has 0 N–H and O–H groups in total. The molecule has 4 nitrogen and oxygen atoms in total. The number of hydrogen-bond acceptors (Lipinski definition) is 3. The van der Waals surface area contributed by atoms with Gasteiger partial charge in [0.2, 0.25) is 0 Å². The van der Waals surface area contributed by atoms with Gasteiger partial charge in [0, 0.05) is 45.4 Å². The summed E-state index contributed by atoms with van der Waals surface area (Å²) in [5.41, 5.74) is 5.03. The van der Waals surface area contributed by atoms with E-state index in [2.05, 4.69) is 36.1 Å². The van der Waals surface area contributed by atoms with Crippen molar-refractivity contribution in [2.24, 2.45) is 4.99 Å². The lowest BCUT2D eigenvalue weighted by atomic mass is 9.79. The Bertz CT molecular complexity index is 1220. The Hall–Kier alpha value is -2.98. The van der Waals surface area contributed by atoms with E-state index in [1.165, 1.54) is 5.56 Å². The van der Waals surface area contributed by atoms with Gasteiger partial charge in [-0.1, -0.05) is 43.6 Å². The van der Waals surface area contributed by atoms with E-state index in [-0.39, 0.29) is 5.41 Å². The number of halogens is 1. The van der Waals surface area contributed by atoms with Gasteiger partial charge in [-0.3, -0.25) is 9.98 Å². The van der Waals surface area contributed by atoms with Gasteiger partial charge in [-0.25, -0.2) is 4.68 Å². The molecule has 0 unspecified atom stereocenters. The Kier molecular flexibility index (Phi) is 3.46. The van der Waals surface area contributed by atoms with Crippen molar-refractivity contribution < 1.29 is 0 Å². The maximum atomic E-state index is 6.12. The third-order valence-electron chi connectivity index (χ3n) is 5.21. The fraction of sp³-hybridized carbons (Fsp3) is 0.136. The van der Waals surface area contributed by atoms with Crippen LogP contribution in [-0.4, -0.2) is 20.5 Å². The van der Waals surface area contributed by atoms with E-state index in [0.29, 0.717) is 5.02 Å². The van der Waals surface area contributed by atoms with Crippen molar-refractivity contribution in [1.29, 1.82) is 0 Å². The van der Waals surface area contributed by atoms with Crippen LogP contribution in [0.2, 0.25) is 5.02 Å². The number of fused-ring (bicyclic) bond motifs is 3. The average molecular weight is 373 g/mol. The van der Waals surface area contributed by atoms with Crippen LogP contribution < -0.4 is 0 Å². The fourth-order valence-electron chi connectivity index (χ4n) is 3.79. The standard InChI is InChI=1S/C22H17ClN4/c1-22(2)19-7-6-14-11-24-9-8-18(14)20(19)26-21(22)15-12-25-27(13-15)17-5-3-4-16(23)10-17/h3-13H,1-2H3. The fourth-order valence-corrected chi connectivity index (χ4v) is 3.97. The van der Waals surface area contributed by atoms with E-state index in [1.807, 2.05) is 59.8 Å². The molecule has 0 amide bonds. The van der Waals surface area contributed by atoms with E-state index >= 15 is 0 Å². The predicted octanol–water partition coefficient (Wildman–Crippen LogP) is 5.49. The third kappa shape index (κ3) is 2.48. The molecular formula is C22H17ClN4. The molecule has 0 atom stereocenters. The largest absolute Gasteiger partial charge is 0.264 e. The van der Waals surface area contributed by atoms with Gasteiger partial charge in [-0.2, -0.15) is 5.10 Å². The highest BCUT2D eigenvalue weighted by molar-refractivity contribution is 6.30. The SMILES string of the molecule is CC1(C)C(c2cnn(-c3cccc(Cl)c3)c2)=Nc2c1ccc1cnccc21. The summed E-state index contributed by atoms with van der Waals surface area (Å²) in [6.45, 7) is 4.42. The van der Waals surface area contributed by atoms with E-state index in [9.17, 15) is 0 Å². The Balaban J connectivity index is 1.64. The molecule has 3 heterocycles. The van der Waals surface area contributed by atoms with Gasteiger partial charge in [0.05, 0.1) is 23.3 Å². The average Bonchev–Trinajstić information content (AvgIpc) is 3.24. The van der Waals surface area contributed by atoms with Gasteiger partial charge in [-0.05, 0) is 29.8 Å². The van der Waals surface area contributed by atoms with Crippen LogP contribution in [0.4, 0.5) is 5.69 Å². The highest BCUT2D eigenvalue weighted by Crippen LogP contribution is 2.45. The number of pyridine rings is 1.